The molecule has 3 rings (SSSR count). The molecule has 0 bridgehead atoms. The number of hydrogen-bond acceptors (Lipinski definition) is 6. The zero-order valence-corrected chi connectivity index (χ0v) is 17.8. The number of rotatable bonds is 8. The van der Waals surface area contributed by atoms with Gasteiger partial charge in [-0.3, -0.25) is 15.0 Å². The lowest BCUT2D eigenvalue weighted by Gasteiger charge is -2.16. The Morgan fingerprint density at radius 2 is 1.76 bits per heavy atom. The number of nitrogens with two attached hydrogens (primary N) is 1. The molecule has 0 saturated carbocycles. The van der Waals surface area contributed by atoms with E-state index in [1.165, 1.54) is 30.3 Å². The molecule has 2 aromatic carbocycles. The minimum absolute atomic E-state index is 0.0349. The molecule has 0 fully saturated rings. The number of benzene rings is 2. The van der Waals surface area contributed by atoms with Gasteiger partial charge in [-0.1, -0.05) is 12.1 Å². The second kappa shape index (κ2) is 9.15. The summed E-state index contributed by atoms with van der Waals surface area (Å²) in [5.41, 5.74) is 1.10. The summed E-state index contributed by atoms with van der Waals surface area (Å²) in [6, 6.07) is 9.48. The minimum Gasteiger partial charge on any atom is -0.480 e. The summed E-state index contributed by atoms with van der Waals surface area (Å²) in [6.07, 6.45) is -0.569. The van der Waals surface area contributed by atoms with Crippen LogP contribution < -0.4 is 15.8 Å². The number of aliphatic carboxylic acids is 1. The molecule has 1 heterocycles. The van der Waals surface area contributed by atoms with Gasteiger partial charge >= 0.3 is 21.5 Å². The van der Waals surface area contributed by atoms with Crippen LogP contribution in [0.4, 0.5) is 18.9 Å². The van der Waals surface area contributed by atoms with Crippen molar-refractivity contribution in [1.29, 1.82) is 5.41 Å². The molecule has 0 spiro atoms. The Labute approximate surface area is 190 Å². The van der Waals surface area contributed by atoms with Crippen molar-refractivity contribution in [2.75, 3.05) is 5.32 Å². The molecule has 1 atom stereocenters. The van der Waals surface area contributed by atoms with E-state index in [1.54, 1.807) is 18.2 Å². The van der Waals surface area contributed by atoms with E-state index in [1.807, 2.05) is 0 Å². The largest absolute Gasteiger partial charge is 0.511 e. The number of halogens is 3. The Morgan fingerprint density at radius 3 is 2.32 bits per heavy atom. The maximum absolute atomic E-state index is 12.5. The van der Waals surface area contributed by atoms with Gasteiger partial charge in [0.25, 0.3) is 5.91 Å². The van der Waals surface area contributed by atoms with Gasteiger partial charge in [0, 0.05) is 16.6 Å². The first-order chi connectivity index (χ1) is 15.8. The van der Waals surface area contributed by atoms with Crippen LogP contribution in [0.5, 0.6) is 0 Å². The maximum Gasteiger partial charge on any atom is 0.511 e. The fourth-order valence-corrected chi connectivity index (χ4v) is 3.60. The van der Waals surface area contributed by atoms with E-state index >= 15 is 0 Å². The van der Waals surface area contributed by atoms with Crippen molar-refractivity contribution in [3.63, 3.8) is 0 Å². The molecule has 0 aliphatic rings. The third kappa shape index (κ3) is 5.52. The number of nitrogens with one attached hydrogen (secondary N) is 3. The molecule has 0 saturated heterocycles. The number of furan rings is 1. The SMILES string of the molecule is N=C(N)c1ccc2oc(C(=O)Nc3ccc(C[C@H](NS(=O)(=O)C(F)(F)F)C(=O)O)cc3)cc2c1. The number of carbonyl (C=O) groups is 2. The molecule has 0 radical (unpaired) electrons. The first-order valence-corrected chi connectivity index (χ1v) is 10.8. The zero-order chi connectivity index (χ0) is 25.3. The second-order valence-electron chi connectivity index (χ2n) is 7.09. The van der Waals surface area contributed by atoms with Crippen molar-refractivity contribution in [3.05, 3.63) is 65.4 Å². The van der Waals surface area contributed by atoms with Crippen LogP contribution in [0, 0.1) is 5.41 Å². The topological polar surface area (TPSA) is 176 Å². The average molecular weight is 498 g/mol. The van der Waals surface area contributed by atoms with Gasteiger partial charge in [-0.25, -0.2) is 8.42 Å². The van der Waals surface area contributed by atoms with Gasteiger partial charge in [0.2, 0.25) is 0 Å². The van der Waals surface area contributed by atoms with Gasteiger partial charge in [-0.15, -0.1) is 0 Å². The highest BCUT2D eigenvalue weighted by Crippen LogP contribution is 2.24. The molecule has 34 heavy (non-hydrogen) atoms. The fraction of sp³-hybridized carbons (Fsp3) is 0.150. The monoisotopic (exact) mass is 498 g/mol. The van der Waals surface area contributed by atoms with Crippen LogP contribution in [0.1, 0.15) is 21.7 Å². The van der Waals surface area contributed by atoms with Crippen molar-refractivity contribution < 1.29 is 40.7 Å². The highest BCUT2D eigenvalue weighted by atomic mass is 32.2. The van der Waals surface area contributed by atoms with E-state index in [9.17, 15) is 31.2 Å². The van der Waals surface area contributed by atoms with E-state index in [-0.39, 0.29) is 22.8 Å². The summed E-state index contributed by atoms with van der Waals surface area (Å²) >= 11 is 0. The van der Waals surface area contributed by atoms with Crippen LogP contribution in [0.2, 0.25) is 0 Å². The van der Waals surface area contributed by atoms with Crippen LogP contribution in [0.15, 0.2) is 52.9 Å². The Kier molecular flexibility index (Phi) is 6.65. The number of carbonyl (C=O) groups excluding carboxylic acids is 1. The smallest absolute Gasteiger partial charge is 0.480 e. The Balaban J connectivity index is 1.70. The summed E-state index contributed by atoms with van der Waals surface area (Å²) in [4.78, 5) is 23.7. The molecule has 1 amide bonds. The molecule has 14 heteroatoms. The number of anilines is 1. The molecule has 0 aliphatic carbocycles. The summed E-state index contributed by atoms with van der Waals surface area (Å²) in [6.45, 7) is 0. The van der Waals surface area contributed by atoms with Crippen molar-refractivity contribution in [1.82, 2.24) is 4.72 Å². The molecule has 10 nitrogen and oxygen atoms in total. The average Bonchev–Trinajstić information content (AvgIpc) is 3.17. The highest BCUT2D eigenvalue weighted by Gasteiger charge is 2.47. The van der Waals surface area contributed by atoms with E-state index in [4.69, 9.17) is 20.7 Å². The van der Waals surface area contributed by atoms with E-state index in [0.717, 1.165) is 4.72 Å². The van der Waals surface area contributed by atoms with Gasteiger partial charge in [0.15, 0.2) is 5.76 Å². The standard InChI is InChI=1S/C20H17F3N4O6S/c21-20(22,23)34(31,32)27-14(19(29)30)7-10-1-4-13(5-2-10)26-18(28)16-9-12-8-11(17(24)25)3-6-15(12)33-16/h1-6,8-9,14,27H,7H2,(H3,24,25)(H,26,28)(H,29,30)/t14-/m0/s1. The van der Waals surface area contributed by atoms with Crippen LogP contribution in [0.25, 0.3) is 11.0 Å². The molecule has 1 aromatic heterocycles. The quantitative estimate of drug-likeness (QED) is 0.234. The van der Waals surface area contributed by atoms with E-state index in [2.05, 4.69) is 5.32 Å². The summed E-state index contributed by atoms with van der Waals surface area (Å²) in [5.74, 6) is -2.59. The molecule has 3 aromatic rings. The number of carboxylic acid groups (broad SMARTS) is 1. The van der Waals surface area contributed by atoms with Crippen LogP contribution in [-0.2, 0) is 21.2 Å². The number of sulfonamides is 1. The predicted octanol–water partition coefficient (Wildman–Crippen LogP) is 2.40. The van der Waals surface area contributed by atoms with Crippen LogP contribution in [-0.4, -0.2) is 42.8 Å². The first kappa shape index (κ1) is 24.7. The fourth-order valence-electron chi connectivity index (χ4n) is 2.91. The number of nitrogen functional groups attached to an aromatic ring is 1. The lowest BCUT2D eigenvalue weighted by atomic mass is 10.1. The molecule has 0 unspecified atom stereocenters. The second-order valence-corrected chi connectivity index (χ2v) is 8.80. The van der Waals surface area contributed by atoms with Gasteiger partial charge in [0.05, 0.1) is 0 Å². The van der Waals surface area contributed by atoms with Gasteiger partial charge in [-0.2, -0.15) is 17.9 Å². The Morgan fingerprint density at radius 1 is 1.12 bits per heavy atom. The molecule has 0 aliphatic heterocycles. The molecular weight excluding hydrogens is 481 g/mol. The number of amidine groups is 1. The Bertz CT molecular complexity index is 1370. The van der Waals surface area contributed by atoms with Crippen molar-refractivity contribution in [2.45, 2.75) is 18.0 Å². The number of carboxylic acids is 1. The molecule has 180 valence electrons. The van der Waals surface area contributed by atoms with E-state index in [0.29, 0.717) is 16.5 Å². The normalized spacial score (nSPS) is 12.9. The lowest BCUT2D eigenvalue weighted by molar-refractivity contribution is -0.139. The maximum atomic E-state index is 12.5. The predicted molar refractivity (Wildman–Crippen MR) is 115 cm³/mol. The third-order valence-corrected chi connectivity index (χ3v) is 5.81. The summed E-state index contributed by atoms with van der Waals surface area (Å²) < 4.78 is 66.6. The van der Waals surface area contributed by atoms with Gasteiger partial charge in [0.1, 0.15) is 17.5 Å². The summed E-state index contributed by atoms with van der Waals surface area (Å²) in [5, 5.41) is 19.6. The molecular formula is C20H17F3N4O6S. The lowest BCUT2D eigenvalue weighted by Crippen LogP contribution is -2.47. The number of hydrogen-bond donors (Lipinski definition) is 5. The number of amides is 1. The van der Waals surface area contributed by atoms with Gasteiger partial charge in [-0.05, 0) is 48.4 Å². The first-order valence-electron chi connectivity index (χ1n) is 9.36. The zero-order valence-electron chi connectivity index (χ0n) is 17.0. The van der Waals surface area contributed by atoms with Crippen molar-refractivity contribution in [2.24, 2.45) is 5.73 Å². The van der Waals surface area contributed by atoms with Crippen LogP contribution >= 0.6 is 0 Å². The Hall–Kier alpha value is -3.91. The van der Waals surface area contributed by atoms with Crippen molar-refractivity contribution >= 4 is 44.4 Å². The van der Waals surface area contributed by atoms with E-state index < -0.39 is 39.9 Å². The third-order valence-electron chi connectivity index (χ3n) is 4.60. The van der Waals surface area contributed by atoms with Crippen LogP contribution in [0.3, 0.4) is 0 Å². The van der Waals surface area contributed by atoms with Crippen molar-refractivity contribution in [3.8, 4) is 0 Å². The minimum atomic E-state index is -5.85. The summed E-state index contributed by atoms with van der Waals surface area (Å²) in [7, 11) is -5.85. The molecule has 6 N–H and O–H groups in total. The number of fused-ring (bicyclic) bond motifs is 1. The highest BCUT2D eigenvalue weighted by molar-refractivity contribution is 7.90. The number of alkyl halides is 3. The van der Waals surface area contributed by atoms with Gasteiger partial charge < -0.3 is 20.6 Å².